The van der Waals surface area contributed by atoms with E-state index < -0.39 is 0 Å². The highest BCUT2D eigenvalue weighted by Gasteiger charge is 2.45. The van der Waals surface area contributed by atoms with Crippen LogP contribution < -0.4 is 5.32 Å². The molecule has 2 nitrogen and oxygen atoms in total. The molecule has 0 bridgehead atoms. The van der Waals surface area contributed by atoms with Crippen molar-refractivity contribution >= 4 is 11.3 Å². The van der Waals surface area contributed by atoms with E-state index in [1.807, 2.05) is 18.4 Å². The fraction of sp³-hybridized carbons (Fsp3) is 0.692. The van der Waals surface area contributed by atoms with Gasteiger partial charge in [0.15, 0.2) is 0 Å². The lowest BCUT2D eigenvalue weighted by molar-refractivity contribution is -0.0179. The third-order valence-corrected chi connectivity index (χ3v) is 5.12. The predicted molar refractivity (Wildman–Crippen MR) is 67.0 cm³/mol. The van der Waals surface area contributed by atoms with E-state index in [1.54, 1.807) is 4.88 Å². The van der Waals surface area contributed by atoms with Gasteiger partial charge in [-0.1, -0.05) is 12.8 Å². The van der Waals surface area contributed by atoms with E-state index in [9.17, 15) is 0 Å². The van der Waals surface area contributed by atoms with E-state index >= 15 is 0 Å². The molecule has 1 N–H and O–H groups in total. The molecule has 2 heterocycles. The van der Waals surface area contributed by atoms with Crippen molar-refractivity contribution in [3.8, 4) is 0 Å². The SMILES string of the molecule is COC1CCCCC12NCCc1sccc12. The number of fused-ring (bicyclic) bond motifs is 2. The normalized spacial score (nSPS) is 33.9. The zero-order valence-electron chi connectivity index (χ0n) is 9.79. The molecular formula is C13H19NOS. The summed E-state index contributed by atoms with van der Waals surface area (Å²) in [5, 5.41) is 6.00. The Labute approximate surface area is 101 Å². The van der Waals surface area contributed by atoms with E-state index in [2.05, 4.69) is 16.8 Å². The van der Waals surface area contributed by atoms with Gasteiger partial charge in [-0.2, -0.15) is 0 Å². The Bertz CT molecular complexity index is 376. The molecule has 16 heavy (non-hydrogen) atoms. The van der Waals surface area contributed by atoms with Crippen LogP contribution in [0.4, 0.5) is 0 Å². The zero-order chi connectivity index (χ0) is 11.0. The lowest BCUT2D eigenvalue weighted by Gasteiger charge is -2.46. The summed E-state index contributed by atoms with van der Waals surface area (Å²) in [6, 6.07) is 2.31. The molecule has 1 aromatic heterocycles. The van der Waals surface area contributed by atoms with Crippen molar-refractivity contribution in [1.29, 1.82) is 0 Å². The predicted octanol–water partition coefficient (Wildman–Crippen LogP) is 2.68. The molecule has 1 spiro atoms. The fourth-order valence-corrected chi connectivity index (χ4v) is 4.36. The topological polar surface area (TPSA) is 21.3 Å². The lowest BCUT2D eigenvalue weighted by Crippen LogP contribution is -2.56. The van der Waals surface area contributed by atoms with Gasteiger partial charge < -0.3 is 10.1 Å². The van der Waals surface area contributed by atoms with E-state index in [4.69, 9.17) is 4.74 Å². The van der Waals surface area contributed by atoms with E-state index in [1.165, 1.54) is 37.7 Å². The second-order valence-electron chi connectivity index (χ2n) is 4.88. The summed E-state index contributed by atoms with van der Waals surface area (Å²) >= 11 is 1.91. The van der Waals surface area contributed by atoms with Crippen LogP contribution in [0.15, 0.2) is 11.4 Å². The van der Waals surface area contributed by atoms with Gasteiger partial charge in [0.25, 0.3) is 0 Å². The van der Waals surface area contributed by atoms with Crippen molar-refractivity contribution in [3.05, 3.63) is 21.9 Å². The molecule has 1 aromatic rings. The number of rotatable bonds is 1. The summed E-state index contributed by atoms with van der Waals surface area (Å²) in [5.74, 6) is 0. The molecule has 1 aliphatic heterocycles. The first kappa shape index (κ1) is 10.8. The summed E-state index contributed by atoms with van der Waals surface area (Å²) in [7, 11) is 1.86. The van der Waals surface area contributed by atoms with Crippen LogP contribution in [0.3, 0.4) is 0 Å². The quantitative estimate of drug-likeness (QED) is 0.811. The second-order valence-corrected chi connectivity index (χ2v) is 5.88. The molecule has 0 radical (unpaired) electrons. The summed E-state index contributed by atoms with van der Waals surface area (Å²) in [6.07, 6.45) is 6.60. The van der Waals surface area contributed by atoms with Crippen LogP contribution in [0.5, 0.6) is 0 Å². The van der Waals surface area contributed by atoms with Crippen molar-refractivity contribution in [1.82, 2.24) is 5.32 Å². The molecule has 88 valence electrons. The van der Waals surface area contributed by atoms with Crippen molar-refractivity contribution in [2.75, 3.05) is 13.7 Å². The molecule has 3 rings (SSSR count). The van der Waals surface area contributed by atoms with Crippen LogP contribution in [-0.2, 0) is 16.7 Å². The van der Waals surface area contributed by atoms with Gasteiger partial charge >= 0.3 is 0 Å². The van der Waals surface area contributed by atoms with Gasteiger partial charge in [-0.15, -0.1) is 11.3 Å². The minimum absolute atomic E-state index is 0.126. The minimum atomic E-state index is 0.126. The third-order valence-electron chi connectivity index (χ3n) is 4.14. The van der Waals surface area contributed by atoms with Gasteiger partial charge in [-0.3, -0.25) is 0 Å². The first-order valence-corrected chi connectivity index (χ1v) is 7.09. The highest BCUT2D eigenvalue weighted by atomic mass is 32.1. The summed E-state index contributed by atoms with van der Waals surface area (Å²) in [5.41, 5.74) is 1.65. The summed E-state index contributed by atoms with van der Waals surface area (Å²) in [6.45, 7) is 1.10. The number of ether oxygens (including phenoxy) is 1. The minimum Gasteiger partial charge on any atom is -0.379 e. The van der Waals surface area contributed by atoms with Crippen LogP contribution in [0.2, 0.25) is 0 Å². The first-order valence-electron chi connectivity index (χ1n) is 6.21. The molecule has 1 aliphatic carbocycles. The van der Waals surface area contributed by atoms with Crippen LogP contribution >= 0.6 is 11.3 Å². The highest BCUT2D eigenvalue weighted by molar-refractivity contribution is 7.10. The van der Waals surface area contributed by atoms with Crippen molar-refractivity contribution in [3.63, 3.8) is 0 Å². The molecule has 1 saturated carbocycles. The van der Waals surface area contributed by atoms with Gasteiger partial charge in [-0.25, -0.2) is 0 Å². The largest absolute Gasteiger partial charge is 0.379 e. The maximum atomic E-state index is 5.75. The van der Waals surface area contributed by atoms with E-state index in [0.29, 0.717) is 6.10 Å². The van der Waals surface area contributed by atoms with Gasteiger partial charge in [0, 0.05) is 18.5 Å². The lowest BCUT2D eigenvalue weighted by atomic mass is 9.72. The van der Waals surface area contributed by atoms with Crippen molar-refractivity contribution < 1.29 is 4.74 Å². The number of hydrogen-bond donors (Lipinski definition) is 1. The van der Waals surface area contributed by atoms with Crippen LogP contribution in [0.25, 0.3) is 0 Å². The smallest absolute Gasteiger partial charge is 0.0795 e. The molecular weight excluding hydrogens is 218 g/mol. The molecule has 0 amide bonds. The zero-order valence-corrected chi connectivity index (χ0v) is 10.6. The Morgan fingerprint density at radius 3 is 3.31 bits per heavy atom. The van der Waals surface area contributed by atoms with Gasteiger partial charge in [0.05, 0.1) is 11.6 Å². The molecule has 2 unspecified atom stereocenters. The monoisotopic (exact) mass is 237 g/mol. The molecule has 0 aromatic carbocycles. The average Bonchev–Trinajstić information content (AvgIpc) is 2.80. The van der Waals surface area contributed by atoms with E-state index in [0.717, 1.165) is 6.54 Å². The van der Waals surface area contributed by atoms with Crippen molar-refractivity contribution in [2.45, 2.75) is 43.7 Å². The van der Waals surface area contributed by atoms with Crippen molar-refractivity contribution in [2.24, 2.45) is 0 Å². The Kier molecular flexibility index (Phi) is 2.78. The average molecular weight is 237 g/mol. The molecule has 2 aliphatic rings. The van der Waals surface area contributed by atoms with Gasteiger partial charge in [0.1, 0.15) is 0 Å². The van der Waals surface area contributed by atoms with Crippen LogP contribution in [0.1, 0.15) is 36.1 Å². The number of methoxy groups -OCH3 is 1. The second kappa shape index (κ2) is 4.13. The van der Waals surface area contributed by atoms with Crippen LogP contribution in [-0.4, -0.2) is 19.8 Å². The Hall–Kier alpha value is -0.380. The Morgan fingerprint density at radius 1 is 1.50 bits per heavy atom. The number of hydrogen-bond acceptors (Lipinski definition) is 3. The molecule has 1 fully saturated rings. The molecule has 3 heteroatoms. The Balaban J connectivity index is 2.04. The fourth-order valence-electron chi connectivity index (χ4n) is 3.40. The van der Waals surface area contributed by atoms with Gasteiger partial charge in [-0.05, 0) is 36.3 Å². The number of thiophene rings is 1. The molecule has 2 atom stereocenters. The summed E-state index contributed by atoms with van der Waals surface area (Å²) in [4.78, 5) is 1.57. The Morgan fingerprint density at radius 2 is 2.44 bits per heavy atom. The third kappa shape index (κ3) is 1.45. The van der Waals surface area contributed by atoms with Crippen LogP contribution in [0, 0.1) is 0 Å². The van der Waals surface area contributed by atoms with Gasteiger partial charge in [0.2, 0.25) is 0 Å². The maximum Gasteiger partial charge on any atom is 0.0795 e. The maximum absolute atomic E-state index is 5.75. The first-order chi connectivity index (χ1) is 7.87. The summed E-state index contributed by atoms with van der Waals surface area (Å²) < 4.78 is 5.75. The van der Waals surface area contributed by atoms with E-state index in [-0.39, 0.29) is 5.54 Å². The highest BCUT2D eigenvalue weighted by Crippen LogP contribution is 2.43. The standard InChI is InChI=1S/C13H19NOS/c1-15-12-4-2-3-7-13(12)10-6-9-16-11(10)5-8-14-13/h6,9,12,14H,2-5,7-8H2,1H3. The molecule has 0 saturated heterocycles. The number of nitrogens with one attached hydrogen (secondary N) is 1.